The van der Waals surface area contributed by atoms with Crippen LogP contribution in [0, 0.1) is 0 Å². The molecule has 2 N–H and O–H groups in total. The number of imidazole rings is 1. The molecule has 0 aliphatic heterocycles. The Bertz CT molecular complexity index is 740. The Morgan fingerprint density at radius 1 is 1.21 bits per heavy atom. The second kappa shape index (κ2) is 4.65. The van der Waals surface area contributed by atoms with Crippen LogP contribution in [0.3, 0.4) is 0 Å². The summed E-state index contributed by atoms with van der Waals surface area (Å²) in [4.78, 5) is 30.6. The summed E-state index contributed by atoms with van der Waals surface area (Å²) in [5.74, 6) is -1.05. The van der Waals surface area contributed by atoms with Crippen LogP contribution >= 0.6 is 11.8 Å². The van der Waals surface area contributed by atoms with Crippen molar-refractivity contribution in [3.63, 3.8) is 0 Å². The molecule has 0 radical (unpaired) electrons. The van der Waals surface area contributed by atoms with Crippen LogP contribution in [0.2, 0.25) is 0 Å². The van der Waals surface area contributed by atoms with Crippen molar-refractivity contribution < 1.29 is 9.90 Å². The van der Waals surface area contributed by atoms with E-state index < -0.39 is 5.97 Å². The largest absolute Gasteiger partial charge is 0.477 e. The lowest BCUT2D eigenvalue weighted by Crippen LogP contribution is -1.98. The topological polar surface area (TPSA) is 105 Å². The van der Waals surface area contributed by atoms with E-state index in [-0.39, 0.29) is 5.69 Å². The molecule has 0 amide bonds. The zero-order chi connectivity index (χ0) is 13.2. The first kappa shape index (κ1) is 11.6. The minimum Gasteiger partial charge on any atom is -0.477 e. The minimum atomic E-state index is -1.05. The molecule has 3 rings (SSSR count). The monoisotopic (exact) mass is 273 g/mol. The van der Waals surface area contributed by atoms with Gasteiger partial charge in [-0.1, -0.05) is 11.8 Å². The van der Waals surface area contributed by atoms with Crippen molar-refractivity contribution in [3.05, 3.63) is 36.7 Å². The molecule has 0 spiro atoms. The van der Waals surface area contributed by atoms with Crippen LogP contribution in [-0.2, 0) is 0 Å². The summed E-state index contributed by atoms with van der Waals surface area (Å²) in [5.41, 5.74) is 1.35. The minimum absolute atomic E-state index is 0.0127. The summed E-state index contributed by atoms with van der Waals surface area (Å²) < 4.78 is 0. The van der Waals surface area contributed by atoms with Crippen molar-refractivity contribution in [1.29, 1.82) is 0 Å². The van der Waals surface area contributed by atoms with Crippen LogP contribution in [0.25, 0.3) is 11.2 Å². The first-order valence-corrected chi connectivity index (χ1v) is 6.07. The van der Waals surface area contributed by atoms with Gasteiger partial charge in [0.15, 0.2) is 5.65 Å². The Morgan fingerprint density at radius 3 is 2.84 bits per heavy atom. The number of carboxylic acid groups (broad SMARTS) is 1. The van der Waals surface area contributed by atoms with Gasteiger partial charge in [0, 0.05) is 11.1 Å². The number of carboxylic acids is 1. The molecule has 3 heterocycles. The van der Waals surface area contributed by atoms with E-state index in [0.29, 0.717) is 10.7 Å². The molecule has 94 valence electrons. The number of nitrogens with zero attached hydrogens (tertiary/aromatic N) is 4. The van der Waals surface area contributed by atoms with E-state index in [4.69, 9.17) is 5.11 Å². The average Bonchev–Trinajstić information content (AvgIpc) is 2.89. The molecule has 3 aromatic rings. The number of aromatic carboxylic acids is 1. The molecular weight excluding hydrogens is 266 g/mol. The number of aromatic nitrogens is 5. The van der Waals surface area contributed by atoms with Crippen molar-refractivity contribution in [1.82, 2.24) is 24.9 Å². The summed E-state index contributed by atoms with van der Waals surface area (Å²) in [6.45, 7) is 0. The van der Waals surface area contributed by atoms with Crippen LogP contribution < -0.4 is 0 Å². The predicted molar refractivity (Wildman–Crippen MR) is 67.0 cm³/mol. The fourth-order valence-corrected chi connectivity index (χ4v) is 2.32. The number of nitrogens with one attached hydrogen (secondary N) is 1. The number of fused-ring (bicyclic) bond motifs is 1. The summed E-state index contributed by atoms with van der Waals surface area (Å²) in [5, 5.41) is 9.49. The van der Waals surface area contributed by atoms with Crippen molar-refractivity contribution in [3.8, 4) is 0 Å². The van der Waals surface area contributed by atoms with Crippen LogP contribution in [0.1, 0.15) is 10.5 Å². The van der Waals surface area contributed by atoms with Crippen LogP contribution in [0.5, 0.6) is 0 Å². The fraction of sp³-hybridized carbons (Fsp3) is 0. The van der Waals surface area contributed by atoms with E-state index in [1.54, 1.807) is 12.4 Å². The van der Waals surface area contributed by atoms with Gasteiger partial charge in [-0.15, -0.1) is 0 Å². The Morgan fingerprint density at radius 2 is 2.11 bits per heavy atom. The Hall–Kier alpha value is -2.48. The van der Waals surface area contributed by atoms with Gasteiger partial charge >= 0.3 is 5.97 Å². The molecule has 0 unspecified atom stereocenters. The number of pyridine rings is 1. The molecule has 0 bridgehead atoms. The van der Waals surface area contributed by atoms with E-state index in [9.17, 15) is 4.79 Å². The van der Waals surface area contributed by atoms with E-state index >= 15 is 0 Å². The molecule has 0 saturated heterocycles. The summed E-state index contributed by atoms with van der Waals surface area (Å²) >= 11 is 1.36. The van der Waals surface area contributed by atoms with E-state index in [1.807, 2.05) is 0 Å². The lowest BCUT2D eigenvalue weighted by molar-refractivity contribution is 0.0690. The van der Waals surface area contributed by atoms with Gasteiger partial charge in [-0.2, -0.15) is 0 Å². The molecule has 8 heteroatoms. The van der Waals surface area contributed by atoms with Crippen molar-refractivity contribution in [2.45, 2.75) is 9.92 Å². The second-order valence-corrected chi connectivity index (χ2v) is 4.63. The molecule has 0 aromatic carbocycles. The smallest absolute Gasteiger partial charge is 0.354 e. The maximum Gasteiger partial charge on any atom is 0.354 e. The van der Waals surface area contributed by atoms with Gasteiger partial charge in [0.2, 0.25) is 0 Å². The number of H-pyrrole nitrogens is 1. The van der Waals surface area contributed by atoms with Crippen LogP contribution in [0.4, 0.5) is 0 Å². The highest BCUT2D eigenvalue weighted by Crippen LogP contribution is 2.28. The molecule has 0 aliphatic rings. The molecule has 0 atom stereocenters. The first-order chi connectivity index (χ1) is 9.24. The van der Waals surface area contributed by atoms with Crippen LogP contribution in [0.15, 0.2) is 40.9 Å². The number of carbonyl (C=O) groups is 1. The Kier molecular flexibility index (Phi) is 2.84. The van der Waals surface area contributed by atoms with Crippen molar-refractivity contribution >= 4 is 28.9 Å². The van der Waals surface area contributed by atoms with Crippen molar-refractivity contribution in [2.24, 2.45) is 0 Å². The maximum atomic E-state index is 10.7. The van der Waals surface area contributed by atoms with Gasteiger partial charge < -0.3 is 10.1 Å². The molecule has 19 heavy (non-hydrogen) atoms. The van der Waals surface area contributed by atoms with Gasteiger partial charge in [0.05, 0.1) is 6.33 Å². The van der Waals surface area contributed by atoms with E-state index in [0.717, 1.165) is 10.4 Å². The quantitative estimate of drug-likeness (QED) is 0.698. The van der Waals surface area contributed by atoms with Gasteiger partial charge in [0.1, 0.15) is 22.6 Å². The maximum absolute atomic E-state index is 10.7. The zero-order valence-electron chi connectivity index (χ0n) is 9.44. The summed E-state index contributed by atoms with van der Waals surface area (Å²) in [6.07, 6.45) is 4.48. The lowest BCUT2D eigenvalue weighted by atomic mass is 10.4. The molecule has 7 nitrogen and oxygen atoms in total. The summed E-state index contributed by atoms with van der Waals surface area (Å²) in [6, 6.07) is 3.14. The third-order valence-corrected chi connectivity index (χ3v) is 3.34. The van der Waals surface area contributed by atoms with Gasteiger partial charge in [-0.05, 0) is 12.1 Å². The number of hydrogen-bond donors (Lipinski definition) is 2. The average molecular weight is 273 g/mol. The number of hydrogen-bond acceptors (Lipinski definition) is 6. The number of aromatic amines is 1. The fourth-order valence-electron chi connectivity index (χ4n) is 1.50. The lowest BCUT2D eigenvalue weighted by Gasteiger charge is -2.01. The molecule has 0 fully saturated rings. The molecule has 0 saturated carbocycles. The highest BCUT2D eigenvalue weighted by Gasteiger charge is 2.09. The molecular formula is C11H7N5O2S. The third kappa shape index (κ3) is 2.25. The SMILES string of the molecule is O=C(O)c1ccc(Sc2ncnc3nc[nH]c23)cn1. The van der Waals surface area contributed by atoms with Gasteiger partial charge in [-0.3, -0.25) is 0 Å². The van der Waals surface area contributed by atoms with E-state index in [2.05, 4.69) is 24.9 Å². The highest BCUT2D eigenvalue weighted by atomic mass is 32.2. The van der Waals surface area contributed by atoms with Crippen molar-refractivity contribution in [2.75, 3.05) is 0 Å². The molecule has 0 aliphatic carbocycles. The standard InChI is InChI=1S/C11H7N5O2S/c17-11(18)7-2-1-6(3-12-7)19-10-8-9(14-4-13-8)15-5-16-10/h1-5H,(H,17,18)(H,13,14,15,16). The Balaban J connectivity index is 1.92. The normalized spacial score (nSPS) is 10.7. The second-order valence-electron chi connectivity index (χ2n) is 3.57. The van der Waals surface area contributed by atoms with E-state index in [1.165, 1.54) is 30.4 Å². The number of rotatable bonds is 3. The molecule has 3 aromatic heterocycles. The van der Waals surface area contributed by atoms with Gasteiger partial charge in [0.25, 0.3) is 0 Å². The third-order valence-electron chi connectivity index (χ3n) is 2.36. The first-order valence-electron chi connectivity index (χ1n) is 5.25. The zero-order valence-corrected chi connectivity index (χ0v) is 10.3. The Labute approximate surface area is 111 Å². The predicted octanol–water partition coefficient (Wildman–Crippen LogP) is 1.60. The van der Waals surface area contributed by atoms with Crippen LogP contribution in [-0.4, -0.2) is 36.0 Å². The highest BCUT2D eigenvalue weighted by molar-refractivity contribution is 7.99. The van der Waals surface area contributed by atoms with Gasteiger partial charge in [-0.25, -0.2) is 24.7 Å². The summed E-state index contributed by atoms with van der Waals surface area (Å²) in [7, 11) is 0.